The van der Waals surface area contributed by atoms with Crippen molar-refractivity contribution in [2.24, 2.45) is 5.73 Å². The summed E-state index contributed by atoms with van der Waals surface area (Å²) in [6, 6.07) is 7.97. The van der Waals surface area contributed by atoms with Crippen LogP contribution in [0, 0.1) is 0 Å². The minimum atomic E-state index is 0. The van der Waals surface area contributed by atoms with E-state index in [2.05, 4.69) is 0 Å². The second-order valence-electron chi connectivity index (χ2n) is 2.77. The third-order valence-corrected chi connectivity index (χ3v) is 1.87. The molecule has 0 heterocycles. The Labute approximate surface area is 79.5 Å². The highest BCUT2D eigenvalue weighted by molar-refractivity contribution is 6.31. The van der Waals surface area contributed by atoms with Crippen molar-refractivity contribution in [3.8, 4) is 0 Å². The van der Waals surface area contributed by atoms with Crippen LogP contribution in [-0.4, -0.2) is 6.04 Å². The van der Waals surface area contributed by atoms with Crippen LogP contribution in [-0.2, 0) is 6.42 Å². The molecule has 0 aliphatic carbocycles. The molecule has 12 heavy (non-hydrogen) atoms. The molecule has 1 aromatic rings. The zero-order chi connectivity index (χ0) is 8.27. The summed E-state index contributed by atoms with van der Waals surface area (Å²) in [5.41, 5.74) is 6.76. The highest BCUT2D eigenvalue weighted by Gasteiger charge is 2.00. The Morgan fingerprint density at radius 3 is 2.50 bits per heavy atom. The van der Waals surface area contributed by atoms with Crippen molar-refractivity contribution in [2.75, 3.05) is 0 Å². The molecule has 0 aliphatic heterocycles. The second kappa shape index (κ2) is 5.18. The van der Waals surface area contributed by atoms with Crippen molar-refractivity contribution in [2.45, 2.75) is 26.8 Å². The van der Waals surface area contributed by atoms with E-state index in [0.717, 1.165) is 17.0 Å². The summed E-state index contributed by atoms with van der Waals surface area (Å²) >= 11 is 5.91. The van der Waals surface area contributed by atoms with Gasteiger partial charge >= 0.3 is 0 Å². The molecule has 0 saturated carbocycles. The van der Waals surface area contributed by atoms with E-state index in [4.69, 9.17) is 17.3 Å². The first-order valence-electron chi connectivity index (χ1n) is 3.69. The van der Waals surface area contributed by atoms with Gasteiger partial charge in [-0.05, 0) is 25.0 Å². The lowest BCUT2D eigenvalue weighted by Gasteiger charge is -2.05. The topological polar surface area (TPSA) is 26.0 Å². The van der Waals surface area contributed by atoms with Crippen LogP contribution in [0.3, 0.4) is 0 Å². The summed E-state index contributed by atoms with van der Waals surface area (Å²) in [6.07, 6.45) is 0.847. The monoisotopic (exact) mass is 185 g/mol. The van der Waals surface area contributed by atoms with Gasteiger partial charge in [0.1, 0.15) is 0 Å². The molecular formula is C10H16ClN. The molecule has 0 aromatic heterocycles. The number of benzene rings is 1. The molecule has 0 fully saturated rings. The van der Waals surface area contributed by atoms with Gasteiger partial charge in [-0.3, -0.25) is 0 Å². The number of hydrogen-bond acceptors (Lipinski definition) is 1. The molecule has 68 valence electrons. The lowest BCUT2D eigenvalue weighted by molar-refractivity contribution is 0.738. The molecule has 1 unspecified atom stereocenters. The largest absolute Gasteiger partial charge is 0.328 e. The van der Waals surface area contributed by atoms with Gasteiger partial charge in [0, 0.05) is 11.1 Å². The lowest BCUT2D eigenvalue weighted by Crippen LogP contribution is -2.17. The van der Waals surface area contributed by atoms with E-state index in [-0.39, 0.29) is 13.5 Å². The predicted octanol–water partition coefficient (Wildman–Crippen LogP) is 2.87. The molecule has 1 nitrogen and oxygen atoms in total. The number of halogens is 1. The number of hydrogen-bond donors (Lipinski definition) is 1. The molecule has 0 amide bonds. The standard InChI is InChI=1S/C9H12ClN.CH4/c1-7(11)6-8-4-2-3-5-9(8)10;/h2-5,7H,6,11H2,1H3;1H4. The van der Waals surface area contributed by atoms with E-state index >= 15 is 0 Å². The maximum atomic E-state index is 5.91. The van der Waals surface area contributed by atoms with Crippen molar-refractivity contribution in [1.29, 1.82) is 0 Å². The first-order chi connectivity index (χ1) is 5.20. The lowest BCUT2D eigenvalue weighted by atomic mass is 10.1. The maximum Gasteiger partial charge on any atom is 0.0438 e. The van der Waals surface area contributed by atoms with E-state index in [1.54, 1.807) is 0 Å². The van der Waals surface area contributed by atoms with Crippen LogP contribution in [0.15, 0.2) is 24.3 Å². The Hall–Kier alpha value is -0.530. The highest BCUT2D eigenvalue weighted by atomic mass is 35.5. The van der Waals surface area contributed by atoms with E-state index in [0.29, 0.717) is 0 Å². The van der Waals surface area contributed by atoms with Gasteiger partial charge in [0.15, 0.2) is 0 Å². The Balaban J connectivity index is 0.00000121. The van der Waals surface area contributed by atoms with Crippen molar-refractivity contribution < 1.29 is 0 Å². The average molecular weight is 186 g/mol. The van der Waals surface area contributed by atoms with Crippen LogP contribution < -0.4 is 5.73 Å². The van der Waals surface area contributed by atoms with Crippen LogP contribution in [0.25, 0.3) is 0 Å². The molecule has 2 heteroatoms. The quantitative estimate of drug-likeness (QED) is 0.754. The molecular weight excluding hydrogens is 170 g/mol. The first-order valence-corrected chi connectivity index (χ1v) is 4.07. The van der Waals surface area contributed by atoms with Crippen LogP contribution in [0.5, 0.6) is 0 Å². The van der Waals surface area contributed by atoms with E-state index in [1.807, 2.05) is 31.2 Å². The predicted molar refractivity (Wildman–Crippen MR) is 55.5 cm³/mol. The Kier molecular flexibility index (Phi) is 4.95. The molecule has 0 spiro atoms. The third-order valence-electron chi connectivity index (χ3n) is 1.50. The fraction of sp³-hybridized carbons (Fsp3) is 0.400. The molecule has 0 aliphatic rings. The van der Waals surface area contributed by atoms with Crippen molar-refractivity contribution in [3.05, 3.63) is 34.9 Å². The first kappa shape index (κ1) is 11.5. The van der Waals surface area contributed by atoms with Crippen LogP contribution in [0.2, 0.25) is 5.02 Å². The zero-order valence-corrected chi connectivity index (χ0v) is 7.31. The minimum absolute atomic E-state index is 0. The summed E-state index contributed by atoms with van der Waals surface area (Å²) in [5.74, 6) is 0. The molecule has 1 aromatic carbocycles. The normalized spacial score (nSPS) is 11.9. The summed E-state index contributed by atoms with van der Waals surface area (Å²) in [7, 11) is 0. The smallest absolute Gasteiger partial charge is 0.0438 e. The second-order valence-corrected chi connectivity index (χ2v) is 3.18. The number of nitrogens with two attached hydrogens (primary N) is 1. The van der Waals surface area contributed by atoms with E-state index in [1.165, 1.54) is 0 Å². The molecule has 0 saturated heterocycles. The van der Waals surface area contributed by atoms with Gasteiger partial charge in [-0.1, -0.05) is 37.2 Å². The molecule has 0 radical (unpaired) electrons. The fourth-order valence-corrected chi connectivity index (χ4v) is 1.22. The summed E-state index contributed by atoms with van der Waals surface area (Å²) in [6.45, 7) is 1.98. The van der Waals surface area contributed by atoms with E-state index < -0.39 is 0 Å². The average Bonchev–Trinajstić information content (AvgIpc) is 1.93. The maximum absolute atomic E-state index is 5.91. The third kappa shape index (κ3) is 3.24. The van der Waals surface area contributed by atoms with Crippen LogP contribution >= 0.6 is 11.6 Å². The van der Waals surface area contributed by atoms with Gasteiger partial charge in [-0.15, -0.1) is 0 Å². The molecule has 1 atom stereocenters. The summed E-state index contributed by atoms with van der Waals surface area (Å²) in [5, 5.41) is 0.810. The van der Waals surface area contributed by atoms with Gasteiger partial charge in [0.2, 0.25) is 0 Å². The Morgan fingerprint density at radius 1 is 1.42 bits per heavy atom. The van der Waals surface area contributed by atoms with Crippen LogP contribution in [0.4, 0.5) is 0 Å². The van der Waals surface area contributed by atoms with Gasteiger partial charge in [0.05, 0.1) is 0 Å². The van der Waals surface area contributed by atoms with E-state index in [9.17, 15) is 0 Å². The van der Waals surface area contributed by atoms with Gasteiger partial charge in [-0.25, -0.2) is 0 Å². The zero-order valence-electron chi connectivity index (χ0n) is 6.55. The summed E-state index contributed by atoms with van der Waals surface area (Å²) < 4.78 is 0. The van der Waals surface area contributed by atoms with Gasteiger partial charge in [0.25, 0.3) is 0 Å². The minimum Gasteiger partial charge on any atom is -0.328 e. The van der Waals surface area contributed by atoms with Crippen molar-refractivity contribution >= 4 is 11.6 Å². The highest BCUT2D eigenvalue weighted by Crippen LogP contribution is 2.15. The number of rotatable bonds is 2. The van der Waals surface area contributed by atoms with Crippen LogP contribution in [0.1, 0.15) is 19.9 Å². The van der Waals surface area contributed by atoms with Crippen molar-refractivity contribution in [3.63, 3.8) is 0 Å². The van der Waals surface area contributed by atoms with Gasteiger partial charge in [-0.2, -0.15) is 0 Å². The SMILES string of the molecule is C.CC(N)Cc1ccccc1Cl. The van der Waals surface area contributed by atoms with Crippen molar-refractivity contribution in [1.82, 2.24) is 0 Å². The Morgan fingerprint density at radius 2 is 2.00 bits per heavy atom. The molecule has 2 N–H and O–H groups in total. The molecule has 1 rings (SSSR count). The fourth-order valence-electron chi connectivity index (χ4n) is 1.01. The summed E-state index contributed by atoms with van der Waals surface area (Å²) in [4.78, 5) is 0. The Bertz CT molecular complexity index is 233. The van der Waals surface area contributed by atoms with Gasteiger partial charge < -0.3 is 5.73 Å². The molecule has 0 bridgehead atoms.